The minimum Gasteiger partial charge on any atom is -0.354 e. The number of amides is 1. The van der Waals surface area contributed by atoms with Crippen LogP contribution in [0, 0.1) is 0 Å². The lowest BCUT2D eigenvalue weighted by Crippen LogP contribution is -2.54. The summed E-state index contributed by atoms with van der Waals surface area (Å²) in [4.78, 5) is 13.5. The molecule has 1 amide bonds. The van der Waals surface area contributed by atoms with Gasteiger partial charge < -0.3 is 5.32 Å². The van der Waals surface area contributed by atoms with Gasteiger partial charge in [0.1, 0.15) is 0 Å². The number of nitrogens with one attached hydrogen (secondary N) is 1. The van der Waals surface area contributed by atoms with Crippen LogP contribution in [-0.4, -0.2) is 31.4 Å². The van der Waals surface area contributed by atoms with E-state index in [4.69, 9.17) is 0 Å². The van der Waals surface area contributed by atoms with E-state index in [9.17, 15) is 4.79 Å². The van der Waals surface area contributed by atoms with Gasteiger partial charge in [0, 0.05) is 13.0 Å². The topological polar surface area (TPSA) is 32.3 Å². The van der Waals surface area contributed by atoms with Crippen molar-refractivity contribution in [2.24, 2.45) is 0 Å². The molecule has 3 nitrogen and oxygen atoms in total. The van der Waals surface area contributed by atoms with Gasteiger partial charge in [-0.2, -0.15) is 0 Å². The number of benzene rings is 1. The van der Waals surface area contributed by atoms with Crippen LogP contribution in [0.25, 0.3) is 0 Å². The third-order valence-electron chi connectivity index (χ3n) is 3.51. The molecule has 1 heterocycles. The van der Waals surface area contributed by atoms with E-state index in [2.05, 4.69) is 48.6 Å². The van der Waals surface area contributed by atoms with Gasteiger partial charge in [-0.1, -0.05) is 30.3 Å². The first-order valence-electron chi connectivity index (χ1n) is 5.65. The summed E-state index contributed by atoms with van der Waals surface area (Å²) >= 11 is 0. The van der Waals surface area contributed by atoms with Gasteiger partial charge >= 0.3 is 0 Å². The Morgan fingerprint density at radius 2 is 1.94 bits per heavy atom. The second-order valence-corrected chi connectivity index (χ2v) is 4.57. The molecule has 86 valence electrons. The number of piperidine rings is 1. The number of carbonyl (C=O) groups excluding carboxylic acids is 1. The quantitative estimate of drug-likeness (QED) is 0.812. The fraction of sp³-hybridized carbons (Fsp3) is 0.462. The first-order valence-corrected chi connectivity index (χ1v) is 5.65. The standard InChI is InChI=1S/C13H18N2O/c1-15(2)13(9-8-12(16)14-10-13)11-6-4-3-5-7-11/h3-7H,8-10H2,1-2H3,(H,14,16)/t13-/m0/s1. The average molecular weight is 218 g/mol. The maximum absolute atomic E-state index is 11.3. The number of carbonyl (C=O) groups is 1. The van der Waals surface area contributed by atoms with Crippen molar-refractivity contribution in [3.63, 3.8) is 0 Å². The minimum absolute atomic E-state index is 0.0465. The highest BCUT2D eigenvalue weighted by atomic mass is 16.1. The Labute approximate surface area is 96.5 Å². The van der Waals surface area contributed by atoms with Crippen LogP contribution in [0.1, 0.15) is 18.4 Å². The van der Waals surface area contributed by atoms with Crippen LogP contribution in [0.4, 0.5) is 0 Å². The van der Waals surface area contributed by atoms with Crippen molar-refractivity contribution in [1.82, 2.24) is 10.2 Å². The summed E-state index contributed by atoms with van der Waals surface area (Å²) in [6, 6.07) is 10.4. The fourth-order valence-electron chi connectivity index (χ4n) is 2.38. The van der Waals surface area contributed by atoms with Gasteiger partial charge in [0.15, 0.2) is 0 Å². The SMILES string of the molecule is CN(C)[C@@]1(c2ccccc2)CCC(=O)NC1. The summed E-state index contributed by atoms with van der Waals surface area (Å²) in [5.41, 5.74) is 1.23. The van der Waals surface area contributed by atoms with E-state index < -0.39 is 0 Å². The van der Waals surface area contributed by atoms with Gasteiger partial charge in [0.2, 0.25) is 5.91 Å². The van der Waals surface area contributed by atoms with Gasteiger partial charge in [0.05, 0.1) is 5.54 Å². The first kappa shape index (κ1) is 11.1. The maximum atomic E-state index is 11.3. The lowest BCUT2D eigenvalue weighted by Gasteiger charge is -2.43. The summed E-state index contributed by atoms with van der Waals surface area (Å²) in [6.07, 6.45) is 1.49. The van der Waals surface area contributed by atoms with E-state index >= 15 is 0 Å². The van der Waals surface area contributed by atoms with Gasteiger partial charge in [-0.05, 0) is 26.1 Å². The van der Waals surface area contributed by atoms with Gasteiger partial charge in [-0.25, -0.2) is 0 Å². The molecule has 0 spiro atoms. The molecule has 1 aromatic rings. The fourth-order valence-corrected chi connectivity index (χ4v) is 2.38. The predicted molar refractivity (Wildman–Crippen MR) is 64.1 cm³/mol. The van der Waals surface area contributed by atoms with Gasteiger partial charge in [-0.3, -0.25) is 9.69 Å². The zero-order valence-corrected chi connectivity index (χ0v) is 9.86. The van der Waals surface area contributed by atoms with Crippen molar-refractivity contribution in [2.75, 3.05) is 20.6 Å². The number of hydrogen-bond donors (Lipinski definition) is 1. The smallest absolute Gasteiger partial charge is 0.220 e. The molecular formula is C13H18N2O. The third-order valence-corrected chi connectivity index (χ3v) is 3.51. The molecule has 3 heteroatoms. The second kappa shape index (κ2) is 4.26. The Morgan fingerprint density at radius 1 is 1.25 bits per heavy atom. The predicted octanol–water partition coefficient (Wildman–Crippen LogP) is 1.35. The van der Waals surface area contributed by atoms with Crippen molar-refractivity contribution in [3.8, 4) is 0 Å². The highest BCUT2D eigenvalue weighted by molar-refractivity contribution is 5.77. The molecule has 0 aliphatic carbocycles. The summed E-state index contributed by atoms with van der Waals surface area (Å²) < 4.78 is 0. The van der Waals surface area contributed by atoms with E-state index in [1.54, 1.807) is 0 Å². The normalized spacial score (nSPS) is 25.6. The Balaban J connectivity index is 2.33. The van der Waals surface area contributed by atoms with Crippen LogP contribution in [0.15, 0.2) is 30.3 Å². The molecule has 1 atom stereocenters. The van der Waals surface area contributed by atoms with Crippen molar-refractivity contribution in [3.05, 3.63) is 35.9 Å². The second-order valence-electron chi connectivity index (χ2n) is 4.57. The van der Waals surface area contributed by atoms with Crippen molar-refractivity contribution in [1.29, 1.82) is 0 Å². The molecule has 0 unspecified atom stereocenters. The molecule has 1 aromatic carbocycles. The van der Waals surface area contributed by atoms with Gasteiger partial charge in [-0.15, -0.1) is 0 Å². The van der Waals surface area contributed by atoms with E-state index in [1.165, 1.54) is 5.56 Å². The van der Waals surface area contributed by atoms with E-state index in [-0.39, 0.29) is 11.4 Å². The number of likely N-dealkylation sites (N-methyl/N-ethyl adjacent to an activating group) is 1. The molecule has 0 bridgehead atoms. The molecule has 2 rings (SSSR count). The molecule has 1 saturated heterocycles. The van der Waals surface area contributed by atoms with Crippen molar-refractivity contribution >= 4 is 5.91 Å². The first-order chi connectivity index (χ1) is 7.65. The van der Waals surface area contributed by atoms with Gasteiger partial charge in [0.25, 0.3) is 0 Å². The minimum atomic E-state index is -0.0465. The van der Waals surface area contributed by atoms with E-state index in [0.29, 0.717) is 13.0 Å². The zero-order chi connectivity index (χ0) is 11.6. The Morgan fingerprint density at radius 3 is 2.44 bits per heavy atom. The monoisotopic (exact) mass is 218 g/mol. The summed E-state index contributed by atoms with van der Waals surface area (Å²) in [5, 5.41) is 2.97. The summed E-state index contributed by atoms with van der Waals surface area (Å²) in [7, 11) is 4.15. The van der Waals surface area contributed by atoms with Crippen molar-refractivity contribution in [2.45, 2.75) is 18.4 Å². The Bertz CT molecular complexity index is 363. The lowest BCUT2D eigenvalue weighted by atomic mass is 9.82. The van der Waals surface area contributed by atoms with Crippen LogP contribution < -0.4 is 5.32 Å². The van der Waals surface area contributed by atoms with Crippen LogP contribution >= 0.6 is 0 Å². The molecular weight excluding hydrogens is 200 g/mol. The van der Waals surface area contributed by atoms with Crippen LogP contribution in [0.5, 0.6) is 0 Å². The number of hydrogen-bond acceptors (Lipinski definition) is 2. The highest BCUT2D eigenvalue weighted by Crippen LogP contribution is 2.33. The average Bonchev–Trinajstić information content (AvgIpc) is 2.31. The number of rotatable bonds is 2. The van der Waals surface area contributed by atoms with E-state index in [1.807, 2.05) is 6.07 Å². The largest absolute Gasteiger partial charge is 0.354 e. The highest BCUT2D eigenvalue weighted by Gasteiger charge is 2.38. The van der Waals surface area contributed by atoms with Crippen LogP contribution in [0.3, 0.4) is 0 Å². The van der Waals surface area contributed by atoms with Crippen molar-refractivity contribution < 1.29 is 4.79 Å². The number of nitrogens with zero attached hydrogens (tertiary/aromatic N) is 1. The third kappa shape index (κ3) is 1.83. The molecule has 0 saturated carbocycles. The van der Waals surface area contributed by atoms with Crippen LogP contribution in [-0.2, 0) is 10.3 Å². The zero-order valence-electron chi connectivity index (χ0n) is 9.86. The molecule has 1 fully saturated rings. The Hall–Kier alpha value is -1.35. The van der Waals surface area contributed by atoms with Crippen LogP contribution in [0.2, 0.25) is 0 Å². The lowest BCUT2D eigenvalue weighted by molar-refractivity contribution is -0.124. The molecule has 1 aliphatic rings. The summed E-state index contributed by atoms with van der Waals surface area (Å²) in [5.74, 6) is 0.161. The Kier molecular flexibility index (Phi) is 2.97. The summed E-state index contributed by atoms with van der Waals surface area (Å²) in [6.45, 7) is 0.697. The molecule has 0 radical (unpaired) electrons. The van der Waals surface area contributed by atoms with E-state index in [0.717, 1.165) is 6.42 Å². The molecule has 16 heavy (non-hydrogen) atoms. The molecule has 1 N–H and O–H groups in total. The molecule has 0 aromatic heterocycles. The maximum Gasteiger partial charge on any atom is 0.220 e. The molecule has 1 aliphatic heterocycles.